The molecule has 2 aromatic carbocycles. The van der Waals surface area contributed by atoms with Gasteiger partial charge in [0.15, 0.2) is 0 Å². The Bertz CT molecular complexity index is 870. The Kier molecular flexibility index (Phi) is 6.77. The highest BCUT2D eigenvalue weighted by atomic mass is 35.5. The van der Waals surface area contributed by atoms with Crippen LogP contribution in [0, 0.1) is 11.3 Å². The van der Waals surface area contributed by atoms with Crippen LogP contribution in [0.1, 0.15) is 17.3 Å². The van der Waals surface area contributed by atoms with E-state index in [1.54, 1.807) is 43.3 Å². The van der Waals surface area contributed by atoms with Gasteiger partial charge >= 0.3 is 5.97 Å². The zero-order valence-electron chi connectivity index (χ0n) is 14.0. The van der Waals surface area contributed by atoms with Crippen LogP contribution in [0.5, 0.6) is 0 Å². The molecule has 0 fully saturated rings. The normalized spacial score (nSPS) is 10.6. The summed E-state index contributed by atoms with van der Waals surface area (Å²) in [5, 5.41) is 15.2. The van der Waals surface area contributed by atoms with E-state index in [0.29, 0.717) is 22.0 Å². The summed E-state index contributed by atoms with van der Waals surface area (Å²) in [6.45, 7) is 2.01. The Morgan fingerprint density at radius 1 is 1.19 bits per heavy atom. The number of carbonyl (C=O) groups is 2. The Balaban J connectivity index is 2.03. The third kappa shape index (κ3) is 5.36. The molecule has 2 rings (SSSR count). The molecule has 0 unspecified atom stereocenters. The highest BCUT2D eigenvalue weighted by molar-refractivity contribution is 6.30. The topological polar surface area (TPSA) is 91.2 Å². The lowest BCUT2D eigenvalue weighted by atomic mass is 10.2. The van der Waals surface area contributed by atoms with Gasteiger partial charge in [-0.1, -0.05) is 17.7 Å². The number of nitriles is 1. The number of halogens is 1. The number of hydrogen-bond donors (Lipinski definition) is 2. The van der Waals surface area contributed by atoms with Crippen molar-refractivity contribution >= 4 is 34.9 Å². The van der Waals surface area contributed by atoms with Crippen molar-refractivity contribution in [2.24, 2.45) is 0 Å². The van der Waals surface area contributed by atoms with E-state index < -0.39 is 11.9 Å². The fourth-order valence-electron chi connectivity index (χ4n) is 1.98. The molecular formula is C19H16ClN3O3. The van der Waals surface area contributed by atoms with E-state index in [1.165, 1.54) is 18.3 Å². The number of nitrogens with zero attached hydrogens (tertiary/aromatic N) is 1. The molecule has 0 aliphatic heterocycles. The molecule has 2 N–H and O–H groups in total. The van der Waals surface area contributed by atoms with Gasteiger partial charge in [-0.15, -0.1) is 0 Å². The van der Waals surface area contributed by atoms with Crippen molar-refractivity contribution in [2.45, 2.75) is 6.92 Å². The summed E-state index contributed by atoms with van der Waals surface area (Å²) >= 11 is 5.88. The molecule has 0 atom stereocenters. The molecule has 2 aromatic rings. The van der Waals surface area contributed by atoms with Crippen LogP contribution in [0.4, 0.5) is 11.4 Å². The molecule has 26 heavy (non-hydrogen) atoms. The van der Waals surface area contributed by atoms with E-state index in [2.05, 4.69) is 10.6 Å². The monoisotopic (exact) mass is 369 g/mol. The van der Waals surface area contributed by atoms with Crippen LogP contribution < -0.4 is 10.6 Å². The molecule has 1 amide bonds. The molecule has 0 heterocycles. The second-order valence-electron chi connectivity index (χ2n) is 5.08. The Morgan fingerprint density at radius 2 is 1.92 bits per heavy atom. The molecular weight excluding hydrogens is 354 g/mol. The maximum Gasteiger partial charge on any atom is 0.338 e. The van der Waals surface area contributed by atoms with Gasteiger partial charge < -0.3 is 15.4 Å². The first kappa shape index (κ1) is 19.0. The Hall–Kier alpha value is -3.30. The van der Waals surface area contributed by atoms with Crippen LogP contribution in [0.25, 0.3) is 0 Å². The van der Waals surface area contributed by atoms with Crippen LogP contribution in [0.2, 0.25) is 5.02 Å². The van der Waals surface area contributed by atoms with Crippen molar-refractivity contribution in [3.05, 3.63) is 70.9 Å². The highest BCUT2D eigenvalue weighted by Gasteiger charge is 2.11. The van der Waals surface area contributed by atoms with Gasteiger partial charge in [0.2, 0.25) is 0 Å². The van der Waals surface area contributed by atoms with Gasteiger partial charge in [-0.25, -0.2) is 4.79 Å². The fraction of sp³-hybridized carbons (Fsp3) is 0.105. The molecule has 0 spiro atoms. The largest absolute Gasteiger partial charge is 0.462 e. The van der Waals surface area contributed by atoms with E-state index in [1.807, 2.05) is 6.07 Å². The molecule has 0 aliphatic carbocycles. The number of esters is 1. The Morgan fingerprint density at radius 3 is 2.54 bits per heavy atom. The second-order valence-corrected chi connectivity index (χ2v) is 5.51. The van der Waals surface area contributed by atoms with E-state index in [4.69, 9.17) is 16.3 Å². The number of benzene rings is 2. The summed E-state index contributed by atoms with van der Waals surface area (Å²) in [5.41, 5.74) is 1.37. The molecule has 6 nitrogen and oxygen atoms in total. The number of hydrogen-bond acceptors (Lipinski definition) is 5. The minimum absolute atomic E-state index is 0.112. The van der Waals surface area contributed by atoms with Gasteiger partial charge in [0.1, 0.15) is 11.6 Å². The Labute approximate surface area is 156 Å². The maximum atomic E-state index is 12.2. The molecule has 0 aromatic heterocycles. The summed E-state index contributed by atoms with van der Waals surface area (Å²) in [4.78, 5) is 23.8. The van der Waals surface area contributed by atoms with Crippen molar-refractivity contribution < 1.29 is 14.3 Å². The second kappa shape index (κ2) is 9.25. The number of amides is 1. The molecule has 7 heteroatoms. The molecule has 0 saturated heterocycles. The summed E-state index contributed by atoms with van der Waals surface area (Å²) in [6, 6.07) is 14.9. The molecule has 0 aliphatic rings. The van der Waals surface area contributed by atoms with Crippen LogP contribution in [-0.2, 0) is 9.53 Å². The highest BCUT2D eigenvalue weighted by Crippen LogP contribution is 2.16. The third-order valence-corrected chi connectivity index (χ3v) is 3.46. The lowest BCUT2D eigenvalue weighted by Crippen LogP contribution is -2.14. The lowest BCUT2D eigenvalue weighted by molar-refractivity contribution is -0.112. The van der Waals surface area contributed by atoms with Crippen LogP contribution in [-0.4, -0.2) is 18.5 Å². The lowest BCUT2D eigenvalue weighted by Gasteiger charge is -2.07. The average molecular weight is 370 g/mol. The molecule has 0 saturated carbocycles. The maximum absolute atomic E-state index is 12.2. The van der Waals surface area contributed by atoms with Crippen molar-refractivity contribution in [2.75, 3.05) is 17.2 Å². The quantitative estimate of drug-likeness (QED) is 0.456. The first-order valence-corrected chi connectivity index (χ1v) is 8.12. The minimum Gasteiger partial charge on any atom is -0.462 e. The third-order valence-electron chi connectivity index (χ3n) is 3.23. The van der Waals surface area contributed by atoms with Gasteiger partial charge in [-0.05, 0) is 49.4 Å². The van der Waals surface area contributed by atoms with Gasteiger partial charge in [0.05, 0.1) is 12.2 Å². The summed E-state index contributed by atoms with van der Waals surface area (Å²) < 4.78 is 4.89. The first-order valence-electron chi connectivity index (χ1n) is 7.74. The summed E-state index contributed by atoms with van der Waals surface area (Å²) in [5.74, 6) is -1.01. The van der Waals surface area contributed by atoms with E-state index in [0.717, 1.165) is 0 Å². The number of nitrogens with one attached hydrogen (secondary N) is 2. The minimum atomic E-state index is -0.578. The molecule has 0 radical (unpaired) electrons. The van der Waals surface area contributed by atoms with Crippen LogP contribution >= 0.6 is 11.6 Å². The number of carbonyl (C=O) groups excluding carboxylic acids is 2. The smallest absolute Gasteiger partial charge is 0.338 e. The zero-order valence-corrected chi connectivity index (χ0v) is 14.7. The van der Waals surface area contributed by atoms with Crippen molar-refractivity contribution in [3.63, 3.8) is 0 Å². The van der Waals surface area contributed by atoms with Crippen molar-refractivity contribution in [3.8, 4) is 6.07 Å². The zero-order chi connectivity index (χ0) is 18.9. The van der Waals surface area contributed by atoms with Crippen molar-refractivity contribution in [1.29, 1.82) is 5.26 Å². The molecule has 0 bridgehead atoms. The fourth-order valence-corrected chi connectivity index (χ4v) is 2.18. The van der Waals surface area contributed by atoms with Crippen LogP contribution in [0.15, 0.2) is 60.3 Å². The van der Waals surface area contributed by atoms with Crippen LogP contribution in [0.3, 0.4) is 0 Å². The predicted molar refractivity (Wildman–Crippen MR) is 99.8 cm³/mol. The predicted octanol–water partition coefficient (Wildman–Crippen LogP) is 3.97. The average Bonchev–Trinajstić information content (AvgIpc) is 2.63. The number of anilines is 2. The van der Waals surface area contributed by atoms with Crippen molar-refractivity contribution in [1.82, 2.24) is 0 Å². The first-order chi connectivity index (χ1) is 12.5. The summed E-state index contributed by atoms with van der Waals surface area (Å²) in [7, 11) is 0. The van der Waals surface area contributed by atoms with Gasteiger partial charge in [0, 0.05) is 22.6 Å². The molecule has 132 valence electrons. The van der Waals surface area contributed by atoms with E-state index in [-0.39, 0.29) is 12.2 Å². The van der Waals surface area contributed by atoms with E-state index >= 15 is 0 Å². The van der Waals surface area contributed by atoms with Gasteiger partial charge in [-0.3, -0.25) is 4.79 Å². The van der Waals surface area contributed by atoms with Gasteiger partial charge in [-0.2, -0.15) is 5.26 Å². The summed E-state index contributed by atoms with van der Waals surface area (Å²) in [6.07, 6.45) is 1.30. The van der Waals surface area contributed by atoms with Gasteiger partial charge in [0.25, 0.3) is 5.91 Å². The van der Waals surface area contributed by atoms with E-state index in [9.17, 15) is 14.9 Å². The SMILES string of the molecule is CCOC(=O)c1ccc(NC(=O)/C(C#N)=C\Nc2cccc(Cl)c2)cc1. The standard InChI is InChI=1S/C19H16ClN3O3/c1-2-26-19(25)13-6-8-16(9-7-13)23-18(24)14(11-21)12-22-17-5-3-4-15(20)10-17/h3-10,12,22H,2H2,1H3,(H,23,24)/b14-12-. The number of rotatable bonds is 6. The number of ether oxygens (including phenoxy) is 1.